The van der Waals surface area contributed by atoms with Crippen molar-refractivity contribution in [3.05, 3.63) is 0 Å². The van der Waals surface area contributed by atoms with Gasteiger partial charge in [-0.05, 0) is 12.8 Å². The standard InChI is InChI=1S/C7H15F3N2/c1-2-6(12)3-5(4-11)7(8,9)10/h5-6H,2-4,11-12H2,1H3. The van der Waals surface area contributed by atoms with Gasteiger partial charge < -0.3 is 11.5 Å². The number of hydrogen-bond acceptors (Lipinski definition) is 2. The molecule has 0 radical (unpaired) electrons. The molecule has 0 aromatic carbocycles. The third kappa shape index (κ3) is 3.92. The summed E-state index contributed by atoms with van der Waals surface area (Å²) in [7, 11) is 0. The van der Waals surface area contributed by atoms with Crippen LogP contribution < -0.4 is 11.5 Å². The van der Waals surface area contributed by atoms with Gasteiger partial charge in [0.15, 0.2) is 0 Å². The Morgan fingerprint density at radius 1 is 1.33 bits per heavy atom. The van der Waals surface area contributed by atoms with Crippen molar-refractivity contribution in [1.29, 1.82) is 0 Å². The van der Waals surface area contributed by atoms with Crippen LogP contribution in [0.3, 0.4) is 0 Å². The molecule has 5 heteroatoms. The van der Waals surface area contributed by atoms with Gasteiger partial charge in [-0.2, -0.15) is 13.2 Å². The zero-order valence-electron chi connectivity index (χ0n) is 7.06. The van der Waals surface area contributed by atoms with Crippen molar-refractivity contribution in [2.24, 2.45) is 17.4 Å². The first-order chi connectivity index (χ1) is 5.41. The van der Waals surface area contributed by atoms with E-state index in [0.717, 1.165) is 0 Å². The average molecular weight is 184 g/mol. The van der Waals surface area contributed by atoms with E-state index in [9.17, 15) is 13.2 Å². The second-order valence-corrected chi connectivity index (χ2v) is 2.88. The molecule has 0 aliphatic rings. The largest absolute Gasteiger partial charge is 0.393 e. The first kappa shape index (κ1) is 11.7. The maximum Gasteiger partial charge on any atom is 0.393 e. The van der Waals surface area contributed by atoms with Gasteiger partial charge in [0.2, 0.25) is 0 Å². The maximum atomic E-state index is 12.1. The molecule has 0 bridgehead atoms. The number of halogens is 3. The highest BCUT2D eigenvalue weighted by Gasteiger charge is 2.38. The van der Waals surface area contributed by atoms with Crippen molar-refractivity contribution in [3.63, 3.8) is 0 Å². The second kappa shape index (κ2) is 4.67. The SMILES string of the molecule is CCC(N)CC(CN)C(F)(F)F. The zero-order valence-corrected chi connectivity index (χ0v) is 7.06. The molecule has 0 spiro atoms. The molecule has 0 aromatic heterocycles. The Kier molecular flexibility index (Phi) is 4.55. The van der Waals surface area contributed by atoms with E-state index >= 15 is 0 Å². The first-order valence-corrected chi connectivity index (χ1v) is 3.94. The summed E-state index contributed by atoms with van der Waals surface area (Å²) in [5, 5.41) is 0. The molecule has 2 atom stereocenters. The molecule has 4 N–H and O–H groups in total. The van der Waals surface area contributed by atoms with E-state index in [4.69, 9.17) is 11.5 Å². The fourth-order valence-electron chi connectivity index (χ4n) is 0.896. The topological polar surface area (TPSA) is 52.0 Å². The predicted molar refractivity (Wildman–Crippen MR) is 41.5 cm³/mol. The van der Waals surface area contributed by atoms with Crippen LogP contribution in [0.5, 0.6) is 0 Å². The van der Waals surface area contributed by atoms with Crippen LogP contribution in [0.25, 0.3) is 0 Å². The minimum absolute atomic E-state index is 0.0729. The van der Waals surface area contributed by atoms with Gasteiger partial charge in [-0.3, -0.25) is 0 Å². The highest BCUT2D eigenvalue weighted by Crippen LogP contribution is 2.28. The van der Waals surface area contributed by atoms with Gasteiger partial charge >= 0.3 is 6.18 Å². The highest BCUT2D eigenvalue weighted by atomic mass is 19.4. The molecule has 0 heterocycles. The van der Waals surface area contributed by atoms with Gasteiger partial charge in [0.1, 0.15) is 0 Å². The molecular formula is C7H15F3N2. The van der Waals surface area contributed by atoms with Crippen LogP contribution in [0.2, 0.25) is 0 Å². The predicted octanol–water partition coefficient (Wildman–Crippen LogP) is 1.25. The van der Waals surface area contributed by atoms with E-state index in [-0.39, 0.29) is 13.0 Å². The Morgan fingerprint density at radius 2 is 1.83 bits per heavy atom. The van der Waals surface area contributed by atoms with Gasteiger partial charge in [0, 0.05) is 12.6 Å². The molecule has 0 saturated heterocycles. The monoisotopic (exact) mass is 184 g/mol. The van der Waals surface area contributed by atoms with Crippen LogP contribution in [0.4, 0.5) is 13.2 Å². The summed E-state index contributed by atoms with van der Waals surface area (Å²) in [5.41, 5.74) is 10.4. The van der Waals surface area contributed by atoms with Crippen molar-refractivity contribution in [2.45, 2.75) is 32.0 Å². The molecule has 12 heavy (non-hydrogen) atoms. The molecule has 2 nitrogen and oxygen atoms in total. The summed E-state index contributed by atoms with van der Waals surface area (Å²) in [4.78, 5) is 0. The van der Waals surface area contributed by atoms with Crippen molar-refractivity contribution in [3.8, 4) is 0 Å². The summed E-state index contributed by atoms with van der Waals surface area (Å²) < 4.78 is 36.2. The highest BCUT2D eigenvalue weighted by molar-refractivity contribution is 4.73. The molecule has 0 fully saturated rings. The quantitative estimate of drug-likeness (QED) is 0.690. The molecular weight excluding hydrogens is 169 g/mol. The number of alkyl halides is 3. The van der Waals surface area contributed by atoms with Crippen molar-refractivity contribution in [2.75, 3.05) is 6.54 Å². The summed E-state index contributed by atoms with van der Waals surface area (Å²) in [6, 6.07) is -0.403. The third-order valence-electron chi connectivity index (χ3n) is 1.86. The van der Waals surface area contributed by atoms with Gasteiger partial charge in [0.05, 0.1) is 5.92 Å². The van der Waals surface area contributed by atoms with Gasteiger partial charge in [-0.1, -0.05) is 6.92 Å². The van der Waals surface area contributed by atoms with Crippen molar-refractivity contribution < 1.29 is 13.2 Å². The van der Waals surface area contributed by atoms with E-state index in [1.807, 2.05) is 0 Å². The molecule has 0 aliphatic heterocycles. The summed E-state index contributed by atoms with van der Waals surface area (Å²) in [6.07, 6.45) is -3.73. The molecule has 0 amide bonds. The Hall–Kier alpha value is -0.290. The molecule has 74 valence electrons. The fraction of sp³-hybridized carbons (Fsp3) is 1.00. The van der Waals surface area contributed by atoms with Gasteiger partial charge in [0.25, 0.3) is 0 Å². The van der Waals surface area contributed by atoms with Crippen LogP contribution in [-0.4, -0.2) is 18.8 Å². The Bertz CT molecular complexity index is 124. The second-order valence-electron chi connectivity index (χ2n) is 2.88. The van der Waals surface area contributed by atoms with E-state index in [0.29, 0.717) is 6.42 Å². The number of hydrogen-bond donors (Lipinski definition) is 2. The van der Waals surface area contributed by atoms with Crippen molar-refractivity contribution in [1.82, 2.24) is 0 Å². The summed E-state index contributed by atoms with van der Waals surface area (Å²) >= 11 is 0. The first-order valence-electron chi connectivity index (χ1n) is 3.94. The maximum absolute atomic E-state index is 12.1. The normalized spacial score (nSPS) is 17.5. The lowest BCUT2D eigenvalue weighted by Gasteiger charge is -2.21. The van der Waals surface area contributed by atoms with Crippen LogP contribution in [0.1, 0.15) is 19.8 Å². The Labute approximate surface area is 70.1 Å². The molecule has 0 aromatic rings. The molecule has 0 saturated carbocycles. The van der Waals surface area contributed by atoms with E-state index < -0.39 is 18.1 Å². The lowest BCUT2D eigenvalue weighted by Crippen LogP contribution is -2.35. The lowest BCUT2D eigenvalue weighted by atomic mass is 9.98. The summed E-state index contributed by atoms with van der Waals surface area (Å²) in [5.74, 6) is -1.45. The van der Waals surface area contributed by atoms with Crippen LogP contribution in [0.15, 0.2) is 0 Å². The lowest BCUT2D eigenvalue weighted by molar-refractivity contribution is -0.174. The summed E-state index contributed by atoms with van der Waals surface area (Å²) in [6.45, 7) is 1.38. The third-order valence-corrected chi connectivity index (χ3v) is 1.86. The van der Waals surface area contributed by atoms with Gasteiger partial charge in [-0.25, -0.2) is 0 Å². The van der Waals surface area contributed by atoms with Crippen LogP contribution >= 0.6 is 0 Å². The fourth-order valence-corrected chi connectivity index (χ4v) is 0.896. The molecule has 2 unspecified atom stereocenters. The van der Waals surface area contributed by atoms with Gasteiger partial charge in [-0.15, -0.1) is 0 Å². The number of rotatable bonds is 4. The minimum Gasteiger partial charge on any atom is -0.330 e. The minimum atomic E-state index is -4.21. The molecule has 0 rings (SSSR count). The molecule has 0 aliphatic carbocycles. The Balaban J connectivity index is 4.00. The van der Waals surface area contributed by atoms with E-state index in [2.05, 4.69) is 0 Å². The van der Waals surface area contributed by atoms with E-state index in [1.165, 1.54) is 0 Å². The van der Waals surface area contributed by atoms with E-state index in [1.54, 1.807) is 6.92 Å². The van der Waals surface area contributed by atoms with Crippen LogP contribution in [0, 0.1) is 5.92 Å². The zero-order chi connectivity index (χ0) is 9.78. The average Bonchev–Trinajstić information content (AvgIpc) is 1.97. The smallest absolute Gasteiger partial charge is 0.330 e. The van der Waals surface area contributed by atoms with Crippen LogP contribution in [-0.2, 0) is 0 Å². The van der Waals surface area contributed by atoms with Crippen molar-refractivity contribution >= 4 is 0 Å². The Morgan fingerprint density at radius 3 is 2.08 bits per heavy atom. The number of nitrogens with two attached hydrogens (primary N) is 2.